The van der Waals surface area contributed by atoms with Crippen LogP contribution in [-0.2, 0) is 0 Å². The van der Waals surface area contributed by atoms with Crippen molar-refractivity contribution >= 4 is 0 Å². The largest absolute Gasteiger partial charge is 0.385 e. The number of hydrogen-bond donors (Lipinski definition) is 1. The monoisotopic (exact) mass is 138 g/mol. The van der Waals surface area contributed by atoms with Gasteiger partial charge in [-0.1, -0.05) is 0 Å². The minimum absolute atomic E-state index is 0.343. The van der Waals surface area contributed by atoms with Crippen molar-refractivity contribution < 1.29 is 5.11 Å². The summed E-state index contributed by atoms with van der Waals surface area (Å²) >= 11 is 0. The molecule has 0 fully saturated rings. The molecule has 1 aromatic rings. The van der Waals surface area contributed by atoms with Gasteiger partial charge in [0.1, 0.15) is 11.9 Å². The van der Waals surface area contributed by atoms with Gasteiger partial charge in [-0.2, -0.15) is 0 Å². The molecule has 2 heterocycles. The molecule has 3 nitrogen and oxygen atoms in total. The van der Waals surface area contributed by atoms with Gasteiger partial charge in [0.05, 0.1) is 0 Å². The van der Waals surface area contributed by atoms with E-state index in [-0.39, 0.29) is 6.10 Å². The van der Waals surface area contributed by atoms with Crippen LogP contribution in [-0.4, -0.2) is 14.7 Å². The summed E-state index contributed by atoms with van der Waals surface area (Å²) in [4.78, 5) is 4.04. The molecule has 0 aliphatic carbocycles. The topological polar surface area (TPSA) is 38.1 Å². The Morgan fingerprint density at radius 1 is 1.80 bits per heavy atom. The Morgan fingerprint density at radius 2 is 2.60 bits per heavy atom. The highest BCUT2D eigenvalue weighted by Crippen LogP contribution is 2.31. The lowest BCUT2D eigenvalue weighted by molar-refractivity contribution is 0.170. The van der Waals surface area contributed by atoms with Crippen molar-refractivity contribution in [2.24, 2.45) is 0 Å². The van der Waals surface area contributed by atoms with E-state index >= 15 is 0 Å². The first-order valence-electron chi connectivity index (χ1n) is 3.50. The van der Waals surface area contributed by atoms with E-state index in [1.54, 1.807) is 6.20 Å². The third-order valence-corrected chi connectivity index (χ3v) is 2.04. The summed E-state index contributed by atoms with van der Waals surface area (Å²) in [6.45, 7) is 2.08. The van der Waals surface area contributed by atoms with Crippen LogP contribution in [0.1, 0.15) is 31.3 Å². The second-order valence-corrected chi connectivity index (χ2v) is 2.79. The van der Waals surface area contributed by atoms with Crippen molar-refractivity contribution in [3.05, 3.63) is 18.2 Å². The fourth-order valence-electron chi connectivity index (χ4n) is 1.50. The molecule has 0 aromatic carbocycles. The van der Waals surface area contributed by atoms with Gasteiger partial charge in [0.25, 0.3) is 0 Å². The standard InChI is InChI=1S/C7H10N2O/c1-5-4-6(10)7-8-2-3-9(5)7/h2-3,5-6,10H,4H2,1H3/t5-,6+/m1/s1. The van der Waals surface area contributed by atoms with Crippen molar-refractivity contribution in [3.8, 4) is 0 Å². The highest BCUT2D eigenvalue weighted by Gasteiger charge is 2.26. The molecule has 1 N–H and O–H groups in total. The van der Waals surface area contributed by atoms with Crippen LogP contribution in [0.3, 0.4) is 0 Å². The molecular formula is C7H10N2O. The van der Waals surface area contributed by atoms with Gasteiger partial charge in [0.15, 0.2) is 0 Å². The lowest BCUT2D eigenvalue weighted by Gasteiger charge is -2.01. The molecule has 0 amide bonds. The number of rotatable bonds is 0. The lowest BCUT2D eigenvalue weighted by Crippen LogP contribution is -1.95. The zero-order chi connectivity index (χ0) is 7.14. The number of hydrogen-bond acceptors (Lipinski definition) is 2. The second-order valence-electron chi connectivity index (χ2n) is 2.79. The number of fused-ring (bicyclic) bond motifs is 1. The summed E-state index contributed by atoms with van der Waals surface area (Å²) < 4.78 is 2.02. The lowest BCUT2D eigenvalue weighted by atomic mass is 10.2. The van der Waals surface area contributed by atoms with E-state index in [9.17, 15) is 5.11 Å². The first kappa shape index (κ1) is 5.92. The van der Waals surface area contributed by atoms with Crippen LogP contribution in [0, 0.1) is 0 Å². The molecule has 1 aliphatic heterocycles. The predicted octanol–water partition coefficient (Wildman–Crippen LogP) is 0.881. The third kappa shape index (κ3) is 0.609. The van der Waals surface area contributed by atoms with Gasteiger partial charge in [-0.15, -0.1) is 0 Å². The minimum Gasteiger partial charge on any atom is -0.385 e. The third-order valence-electron chi connectivity index (χ3n) is 2.04. The molecule has 10 heavy (non-hydrogen) atoms. The predicted molar refractivity (Wildman–Crippen MR) is 36.5 cm³/mol. The zero-order valence-corrected chi connectivity index (χ0v) is 5.86. The van der Waals surface area contributed by atoms with E-state index in [1.165, 1.54) is 0 Å². The molecule has 0 radical (unpaired) electrons. The Balaban J connectivity index is 2.48. The maximum atomic E-state index is 9.36. The Labute approximate surface area is 59.3 Å². The Morgan fingerprint density at radius 3 is 3.30 bits per heavy atom. The Bertz CT molecular complexity index is 221. The van der Waals surface area contributed by atoms with Gasteiger partial charge in [-0.25, -0.2) is 4.98 Å². The molecule has 54 valence electrons. The fourth-order valence-corrected chi connectivity index (χ4v) is 1.50. The van der Waals surface area contributed by atoms with Crippen LogP contribution in [0.2, 0.25) is 0 Å². The zero-order valence-electron chi connectivity index (χ0n) is 5.86. The maximum Gasteiger partial charge on any atom is 0.137 e. The molecule has 0 saturated carbocycles. The van der Waals surface area contributed by atoms with Crippen LogP contribution in [0.4, 0.5) is 0 Å². The quantitative estimate of drug-likeness (QED) is 0.578. The SMILES string of the molecule is C[C@@H]1C[C@H](O)c2nccn21. The van der Waals surface area contributed by atoms with Crippen LogP contribution in [0.5, 0.6) is 0 Å². The van der Waals surface area contributed by atoms with Crippen LogP contribution >= 0.6 is 0 Å². The number of imidazole rings is 1. The Kier molecular flexibility index (Phi) is 1.08. The highest BCUT2D eigenvalue weighted by atomic mass is 16.3. The number of aromatic nitrogens is 2. The van der Waals surface area contributed by atoms with Crippen LogP contribution in [0.15, 0.2) is 12.4 Å². The van der Waals surface area contributed by atoms with Crippen molar-refractivity contribution in [3.63, 3.8) is 0 Å². The fraction of sp³-hybridized carbons (Fsp3) is 0.571. The molecule has 0 spiro atoms. The summed E-state index contributed by atoms with van der Waals surface area (Å²) in [6.07, 6.45) is 4.11. The van der Waals surface area contributed by atoms with Gasteiger partial charge in [0.2, 0.25) is 0 Å². The van der Waals surface area contributed by atoms with Gasteiger partial charge < -0.3 is 9.67 Å². The van der Waals surface area contributed by atoms with Gasteiger partial charge in [-0.3, -0.25) is 0 Å². The second kappa shape index (κ2) is 1.83. The van der Waals surface area contributed by atoms with E-state index in [0.29, 0.717) is 6.04 Å². The molecule has 2 atom stereocenters. The average molecular weight is 138 g/mol. The molecule has 2 rings (SSSR count). The maximum absolute atomic E-state index is 9.36. The van der Waals surface area contributed by atoms with E-state index in [2.05, 4.69) is 11.9 Å². The van der Waals surface area contributed by atoms with Gasteiger partial charge in [-0.05, 0) is 6.92 Å². The summed E-state index contributed by atoms with van der Waals surface area (Å²) in [5.41, 5.74) is 0. The first-order valence-corrected chi connectivity index (χ1v) is 3.50. The molecule has 1 aliphatic rings. The first-order chi connectivity index (χ1) is 4.79. The molecule has 0 unspecified atom stereocenters. The Hall–Kier alpha value is -0.830. The smallest absolute Gasteiger partial charge is 0.137 e. The summed E-state index contributed by atoms with van der Waals surface area (Å²) in [5.74, 6) is 0.813. The highest BCUT2D eigenvalue weighted by molar-refractivity contribution is 5.04. The summed E-state index contributed by atoms with van der Waals surface area (Å²) in [5, 5.41) is 9.36. The van der Waals surface area contributed by atoms with Crippen molar-refractivity contribution in [1.82, 2.24) is 9.55 Å². The molecule has 0 saturated heterocycles. The van der Waals surface area contributed by atoms with Crippen LogP contribution < -0.4 is 0 Å². The van der Waals surface area contributed by atoms with E-state index < -0.39 is 0 Å². The number of nitrogens with zero attached hydrogens (tertiary/aromatic N) is 2. The van der Waals surface area contributed by atoms with Crippen molar-refractivity contribution in [2.45, 2.75) is 25.5 Å². The van der Waals surface area contributed by atoms with Crippen molar-refractivity contribution in [1.29, 1.82) is 0 Å². The van der Waals surface area contributed by atoms with Crippen LogP contribution in [0.25, 0.3) is 0 Å². The summed E-state index contributed by atoms with van der Waals surface area (Å²) in [7, 11) is 0. The van der Waals surface area contributed by atoms with E-state index in [4.69, 9.17) is 0 Å². The van der Waals surface area contributed by atoms with E-state index in [0.717, 1.165) is 12.2 Å². The average Bonchev–Trinajstić information content (AvgIpc) is 2.39. The van der Waals surface area contributed by atoms with Crippen molar-refractivity contribution in [2.75, 3.05) is 0 Å². The molecule has 3 heteroatoms. The normalized spacial score (nSPS) is 30.6. The summed E-state index contributed by atoms with van der Waals surface area (Å²) in [6, 6.07) is 0.410. The number of aliphatic hydroxyl groups excluding tert-OH is 1. The minimum atomic E-state index is -0.343. The molecule has 0 bridgehead atoms. The van der Waals surface area contributed by atoms with E-state index in [1.807, 2.05) is 10.8 Å². The van der Waals surface area contributed by atoms with Gasteiger partial charge >= 0.3 is 0 Å². The number of aliphatic hydroxyl groups is 1. The molecule has 1 aromatic heterocycles. The van der Waals surface area contributed by atoms with Gasteiger partial charge in [0, 0.05) is 24.9 Å². The molecular weight excluding hydrogens is 128 g/mol.